The first kappa shape index (κ1) is 12.2. The van der Waals surface area contributed by atoms with Crippen LogP contribution in [0.2, 0.25) is 0 Å². The molecule has 0 aliphatic heterocycles. The fourth-order valence-corrected chi connectivity index (χ4v) is 1.88. The third kappa shape index (κ3) is 3.05. The minimum atomic E-state index is 0.182. The van der Waals surface area contributed by atoms with Gasteiger partial charge in [0.15, 0.2) is 0 Å². The second-order valence-electron chi connectivity index (χ2n) is 3.43. The summed E-state index contributed by atoms with van der Waals surface area (Å²) < 4.78 is 11.8. The minimum Gasteiger partial charge on any atom is -0.377 e. The molecule has 1 N–H and O–H groups in total. The van der Waals surface area contributed by atoms with E-state index < -0.39 is 0 Å². The van der Waals surface area contributed by atoms with Crippen molar-refractivity contribution < 1.29 is 9.47 Å². The standard InChI is InChI=1S/C10H18BrNO2/c1-4-14-9-5-8(10(9)13-3)12-6-7(2)11/h8-10,12H,2,4-6H2,1,3H3. The molecule has 1 saturated carbocycles. The molecule has 82 valence electrons. The molecule has 0 aromatic heterocycles. The maximum atomic E-state index is 5.52. The Hall–Kier alpha value is 0.1000. The van der Waals surface area contributed by atoms with Crippen LogP contribution in [0.15, 0.2) is 11.1 Å². The van der Waals surface area contributed by atoms with Crippen LogP contribution >= 0.6 is 15.9 Å². The van der Waals surface area contributed by atoms with Crippen molar-refractivity contribution >= 4 is 15.9 Å². The van der Waals surface area contributed by atoms with Gasteiger partial charge in [0.25, 0.3) is 0 Å². The third-order valence-electron chi connectivity index (χ3n) is 2.46. The molecular weight excluding hydrogens is 246 g/mol. The van der Waals surface area contributed by atoms with Gasteiger partial charge in [0.2, 0.25) is 0 Å². The van der Waals surface area contributed by atoms with Crippen LogP contribution in [0, 0.1) is 0 Å². The van der Waals surface area contributed by atoms with Crippen molar-refractivity contribution in [3.05, 3.63) is 11.1 Å². The highest BCUT2D eigenvalue weighted by atomic mass is 79.9. The highest BCUT2D eigenvalue weighted by Gasteiger charge is 2.41. The van der Waals surface area contributed by atoms with Gasteiger partial charge < -0.3 is 14.8 Å². The fraction of sp³-hybridized carbons (Fsp3) is 0.800. The third-order valence-corrected chi connectivity index (χ3v) is 2.74. The molecule has 0 spiro atoms. The van der Waals surface area contributed by atoms with Crippen LogP contribution in [0.4, 0.5) is 0 Å². The predicted molar refractivity (Wildman–Crippen MR) is 60.7 cm³/mol. The molecule has 0 bridgehead atoms. The first-order chi connectivity index (χ1) is 6.69. The molecular formula is C10H18BrNO2. The van der Waals surface area contributed by atoms with Crippen LogP contribution in [0.3, 0.4) is 0 Å². The van der Waals surface area contributed by atoms with Gasteiger partial charge in [0.05, 0.1) is 12.2 Å². The lowest BCUT2D eigenvalue weighted by molar-refractivity contribution is -0.130. The van der Waals surface area contributed by atoms with E-state index in [1.165, 1.54) is 0 Å². The Balaban J connectivity index is 2.25. The lowest BCUT2D eigenvalue weighted by Gasteiger charge is -2.43. The van der Waals surface area contributed by atoms with Crippen LogP contribution < -0.4 is 5.32 Å². The number of methoxy groups -OCH3 is 1. The van der Waals surface area contributed by atoms with Gasteiger partial charge in [-0.2, -0.15) is 0 Å². The molecule has 0 amide bonds. The summed E-state index contributed by atoms with van der Waals surface area (Å²) in [6, 6.07) is 0.394. The Morgan fingerprint density at radius 3 is 2.86 bits per heavy atom. The highest BCUT2D eigenvalue weighted by molar-refractivity contribution is 9.11. The molecule has 4 heteroatoms. The zero-order valence-electron chi connectivity index (χ0n) is 8.75. The van der Waals surface area contributed by atoms with Crippen molar-refractivity contribution in [2.45, 2.75) is 31.6 Å². The van der Waals surface area contributed by atoms with Gasteiger partial charge in [-0.15, -0.1) is 0 Å². The lowest BCUT2D eigenvalue weighted by atomic mass is 9.85. The largest absolute Gasteiger partial charge is 0.377 e. The van der Waals surface area contributed by atoms with Crippen molar-refractivity contribution in [3.8, 4) is 0 Å². The number of ether oxygens (including phenoxy) is 2. The van der Waals surface area contributed by atoms with Gasteiger partial charge in [-0.3, -0.25) is 0 Å². The van der Waals surface area contributed by atoms with Crippen molar-refractivity contribution in [2.24, 2.45) is 0 Å². The fourth-order valence-electron chi connectivity index (χ4n) is 1.72. The monoisotopic (exact) mass is 263 g/mol. The molecule has 0 aromatic carbocycles. The predicted octanol–water partition coefficient (Wildman–Crippen LogP) is 1.68. The maximum absolute atomic E-state index is 5.52. The van der Waals surface area contributed by atoms with Crippen molar-refractivity contribution in [1.82, 2.24) is 5.32 Å². The van der Waals surface area contributed by atoms with Crippen molar-refractivity contribution in [1.29, 1.82) is 0 Å². The average Bonchev–Trinajstić information content (AvgIpc) is 2.10. The number of hydrogen-bond donors (Lipinski definition) is 1. The van der Waals surface area contributed by atoms with Crippen LogP contribution in [-0.2, 0) is 9.47 Å². The Morgan fingerprint density at radius 2 is 2.36 bits per heavy atom. The van der Waals surface area contributed by atoms with Gasteiger partial charge in [-0.05, 0) is 13.3 Å². The Bertz CT molecular complexity index is 199. The highest BCUT2D eigenvalue weighted by Crippen LogP contribution is 2.26. The summed E-state index contributed by atoms with van der Waals surface area (Å²) >= 11 is 3.31. The van der Waals surface area contributed by atoms with E-state index in [-0.39, 0.29) is 12.2 Å². The van der Waals surface area contributed by atoms with E-state index in [1.807, 2.05) is 6.92 Å². The van der Waals surface area contributed by atoms with Gasteiger partial charge in [-0.1, -0.05) is 22.5 Å². The summed E-state index contributed by atoms with van der Waals surface area (Å²) in [5, 5.41) is 3.36. The molecule has 3 atom stereocenters. The molecule has 0 aromatic rings. The molecule has 0 saturated heterocycles. The zero-order valence-corrected chi connectivity index (χ0v) is 10.3. The maximum Gasteiger partial charge on any atom is 0.0986 e. The number of hydrogen-bond acceptors (Lipinski definition) is 3. The van der Waals surface area contributed by atoms with E-state index in [9.17, 15) is 0 Å². The quantitative estimate of drug-likeness (QED) is 0.791. The van der Waals surface area contributed by atoms with Gasteiger partial charge in [-0.25, -0.2) is 0 Å². The number of halogens is 1. The normalized spacial score (nSPS) is 31.2. The summed E-state index contributed by atoms with van der Waals surface area (Å²) in [5.74, 6) is 0. The SMILES string of the molecule is C=C(Br)CNC1CC(OCC)C1OC. The van der Waals surface area contributed by atoms with E-state index in [4.69, 9.17) is 9.47 Å². The molecule has 1 fully saturated rings. The smallest absolute Gasteiger partial charge is 0.0986 e. The molecule has 0 radical (unpaired) electrons. The van der Waals surface area contributed by atoms with Crippen molar-refractivity contribution in [3.63, 3.8) is 0 Å². The lowest BCUT2D eigenvalue weighted by Crippen LogP contribution is -2.59. The summed E-state index contributed by atoms with van der Waals surface area (Å²) in [5.41, 5.74) is 0. The number of nitrogens with one attached hydrogen (secondary N) is 1. The minimum absolute atomic E-state index is 0.182. The topological polar surface area (TPSA) is 30.5 Å². The summed E-state index contributed by atoms with van der Waals surface area (Å²) in [4.78, 5) is 0. The van der Waals surface area contributed by atoms with E-state index in [2.05, 4.69) is 27.8 Å². The van der Waals surface area contributed by atoms with Crippen LogP contribution in [0.1, 0.15) is 13.3 Å². The Labute approximate surface area is 94.0 Å². The van der Waals surface area contributed by atoms with E-state index in [0.29, 0.717) is 6.04 Å². The van der Waals surface area contributed by atoms with Crippen molar-refractivity contribution in [2.75, 3.05) is 20.3 Å². The van der Waals surface area contributed by atoms with Crippen LogP contribution in [0.5, 0.6) is 0 Å². The Kier molecular flexibility index (Phi) is 5.09. The van der Waals surface area contributed by atoms with Crippen LogP contribution in [-0.4, -0.2) is 38.5 Å². The average molecular weight is 264 g/mol. The zero-order chi connectivity index (χ0) is 10.6. The molecule has 14 heavy (non-hydrogen) atoms. The molecule has 3 unspecified atom stereocenters. The van der Waals surface area contributed by atoms with E-state index >= 15 is 0 Å². The van der Waals surface area contributed by atoms with E-state index in [1.54, 1.807) is 7.11 Å². The summed E-state index contributed by atoms with van der Waals surface area (Å²) in [7, 11) is 1.73. The summed E-state index contributed by atoms with van der Waals surface area (Å²) in [6.45, 7) is 7.32. The van der Waals surface area contributed by atoms with Crippen LogP contribution in [0.25, 0.3) is 0 Å². The van der Waals surface area contributed by atoms with Gasteiger partial charge in [0, 0.05) is 30.8 Å². The van der Waals surface area contributed by atoms with E-state index in [0.717, 1.165) is 24.1 Å². The first-order valence-corrected chi connectivity index (χ1v) is 5.69. The molecule has 3 nitrogen and oxygen atoms in total. The first-order valence-electron chi connectivity index (χ1n) is 4.90. The molecule has 1 aliphatic rings. The Morgan fingerprint density at radius 1 is 1.64 bits per heavy atom. The second kappa shape index (κ2) is 5.85. The van der Waals surface area contributed by atoms with Gasteiger partial charge in [0.1, 0.15) is 0 Å². The van der Waals surface area contributed by atoms with Gasteiger partial charge >= 0.3 is 0 Å². The molecule has 0 heterocycles. The second-order valence-corrected chi connectivity index (χ2v) is 4.56. The molecule has 1 rings (SSSR count). The molecule has 1 aliphatic carbocycles. The number of rotatable bonds is 6. The summed E-state index contributed by atoms with van der Waals surface area (Å²) in [6.07, 6.45) is 1.46.